The molecule has 2 heterocycles. The van der Waals surface area contributed by atoms with Gasteiger partial charge in [-0.05, 0) is 44.9 Å². The van der Waals surface area contributed by atoms with Crippen molar-refractivity contribution in [2.24, 2.45) is 0 Å². The second-order valence-corrected chi connectivity index (χ2v) is 8.73. The molecule has 6 nitrogen and oxygen atoms in total. The van der Waals surface area contributed by atoms with Gasteiger partial charge in [0.1, 0.15) is 5.54 Å². The number of aryl methyl sites for hydroxylation is 2. The number of nitrogens with zero attached hydrogens (tertiary/aromatic N) is 1. The minimum Gasteiger partial charge on any atom is -0.348 e. The van der Waals surface area contributed by atoms with Crippen LogP contribution in [0.25, 0.3) is 0 Å². The maximum absolute atomic E-state index is 12.3. The van der Waals surface area contributed by atoms with Crippen molar-refractivity contribution in [3.63, 3.8) is 0 Å². The highest BCUT2D eigenvalue weighted by Crippen LogP contribution is 2.21. The third-order valence-electron chi connectivity index (χ3n) is 4.55. The first-order valence-electron chi connectivity index (χ1n) is 8.74. The molecule has 4 amide bonds. The highest BCUT2D eigenvalue weighted by atomic mass is 32.1. The summed E-state index contributed by atoms with van der Waals surface area (Å²) in [5.41, 5.74) is 1.67. The molecule has 142 valence electrons. The van der Waals surface area contributed by atoms with Gasteiger partial charge in [0.25, 0.3) is 11.8 Å². The van der Waals surface area contributed by atoms with Crippen LogP contribution < -0.4 is 10.6 Å². The van der Waals surface area contributed by atoms with E-state index in [4.69, 9.17) is 0 Å². The van der Waals surface area contributed by atoms with Gasteiger partial charge in [0.15, 0.2) is 0 Å². The van der Waals surface area contributed by atoms with Crippen molar-refractivity contribution in [3.05, 3.63) is 56.8 Å². The van der Waals surface area contributed by atoms with Gasteiger partial charge in [0.2, 0.25) is 0 Å². The Balaban J connectivity index is 1.59. The van der Waals surface area contributed by atoms with Crippen LogP contribution in [0.15, 0.2) is 30.3 Å². The van der Waals surface area contributed by atoms with Crippen molar-refractivity contribution in [2.75, 3.05) is 0 Å². The van der Waals surface area contributed by atoms with Crippen LogP contribution in [0.4, 0.5) is 4.79 Å². The Hall–Kier alpha value is -2.67. The number of thiophene rings is 1. The van der Waals surface area contributed by atoms with Crippen LogP contribution >= 0.6 is 11.3 Å². The number of rotatable bonds is 5. The SMILES string of the molecule is Cc1cc(C(=O)NCc2ccc(CN3C(=O)NC(C)(C)C3=O)cc2)c(C)s1. The molecule has 2 N–H and O–H groups in total. The van der Waals surface area contributed by atoms with Crippen LogP contribution in [-0.4, -0.2) is 28.3 Å². The Morgan fingerprint density at radius 1 is 1.15 bits per heavy atom. The van der Waals surface area contributed by atoms with Gasteiger partial charge in [-0.25, -0.2) is 4.79 Å². The number of amides is 4. The quantitative estimate of drug-likeness (QED) is 0.776. The van der Waals surface area contributed by atoms with Crippen LogP contribution in [-0.2, 0) is 17.9 Å². The monoisotopic (exact) mass is 385 g/mol. The van der Waals surface area contributed by atoms with Crippen molar-refractivity contribution < 1.29 is 14.4 Å². The number of benzene rings is 1. The molecule has 0 atom stereocenters. The Morgan fingerprint density at radius 2 is 1.78 bits per heavy atom. The van der Waals surface area contributed by atoms with E-state index in [9.17, 15) is 14.4 Å². The second kappa shape index (κ2) is 7.15. The van der Waals surface area contributed by atoms with E-state index in [1.54, 1.807) is 25.2 Å². The van der Waals surface area contributed by atoms with E-state index in [1.165, 1.54) is 4.90 Å². The molecule has 0 unspecified atom stereocenters. The summed E-state index contributed by atoms with van der Waals surface area (Å²) in [5.74, 6) is -0.312. The highest BCUT2D eigenvalue weighted by molar-refractivity contribution is 7.12. The van der Waals surface area contributed by atoms with Gasteiger partial charge in [-0.3, -0.25) is 14.5 Å². The van der Waals surface area contributed by atoms with Crippen LogP contribution in [0.5, 0.6) is 0 Å². The molecule has 0 bridgehead atoms. The summed E-state index contributed by atoms with van der Waals surface area (Å²) in [6.07, 6.45) is 0. The minimum atomic E-state index is -0.862. The predicted octanol–water partition coefficient (Wildman–Crippen LogP) is 3.13. The summed E-state index contributed by atoms with van der Waals surface area (Å²) in [4.78, 5) is 39.8. The smallest absolute Gasteiger partial charge is 0.325 e. The van der Waals surface area contributed by atoms with Crippen molar-refractivity contribution >= 4 is 29.2 Å². The zero-order valence-electron chi connectivity index (χ0n) is 15.9. The molecule has 1 aromatic heterocycles. The number of nitrogens with one attached hydrogen (secondary N) is 2. The van der Waals surface area contributed by atoms with E-state index in [0.717, 1.165) is 26.4 Å². The van der Waals surface area contributed by atoms with Gasteiger partial charge in [-0.2, -0.15) is 0 Å². The van der Waals surface area contributed by atoms with E-state index in [2.05, 4.69) is 10.6 Å². The first kappa shape index (κ1) is 19.1. The summed E-state index contributed by atoms with van der Waals surface area (Å²) >= 11 is 1.61. The van der Waals surface area contributed by atoms with Gasteiger partial charge in [-0.15, -0.1) is 11.3 Å². The van der Waals surface area contributed by atoms with Crippen molar-refractivity contribution in [3.8, 4) is 0 Å². The third-order valence-corrected chi connectivity index (χ3v) is 5.51. The fraction of sp³-hybridized carbons (Fsp3) is 0.350. The molecule has 3 rings (SSSR count). The molecule has 1 saturated heterocycles. The minimum absolute atomic E-state index is 0.0810. The molecule has 1 aromatic carbocycles. The molecule has 0 spiro atoms. The van der Waals surface area contributed by atoms with E-state index in [0.29, 0.717) is 6.54 Å². The Kier molecular flexibility index (Phi) is 5.06. The fourth-order valence-electron chi connectivity index (χ4n) is 3.04. The summed E-state index contributed by atoms with van der Waals surface area (Å²) in [7, 11) is 0. The average molecular weight is 385 g/mol. The topological polar surface area (TPSA) is 78.5 Å². The summed E-state index contributed by atoms with van der Waals surface area (Å²) in [6.45, 7) is 7.96. The molecule has 0 aliphatic carbocycles. The number of imide groups is 1. The summed E-state index contributed by atoms with van der Waals surface area (Å²) in [5, 5.41) is 5.60. The molecular weight excluding hydrogens is 362 g/mol. The fourth-order valence-corrected chi connectivity index (χ4v) is 3.96. The number of urea groups is 1. The van der Waals surface area contributed by atoms with Crippen LogP contribution in [0, 0.1) is 13.8 Å². The largest absolute Gasteiger partial charge is 0.348 e. The van der Waals surface area contributed by atoms with E-state index in [1.807, 2.05) is 44.2 Å². The van der Waals surface area contributed by atoms with Gasteiger partial charge < -0.3 is 10.6 Å². The molecule has 0 saturated carbocycles. The van der Waals surface area contributed by atoms with Gasteiger partial charge >= 0.3 is 6.03 Å². The molecule has 1 aliphatic heterocycles. The lowest BCUT2D eigenvalue weighted by molar-refractivity contribution is -0.130. The Bertz CT molecular complexity index is 900. The standard InChI is InChI=1S/C20H23N3O3S/c1-12-9-16(13(2)27-12)17(24)21-10-14-5-7-15(8-6-14)11-23-18(25)20(3,4)22-19(23)26/h5-9H,10-11H2,1-4H3,(H,21,24)(H,22,26). The van der Waals surface area contributed by atoms with Crippen LogP contribution in [0.1, 0.15) is 45.1 Å². The normalized spacial score (nSPS) is 15.8. The van der Waals surface area contributed by atoms with E-state index in [-0.39, 0.29) is 24.4 Å². The van der Waals surface area contributed by atoms with E-state index < -0.39 is 5.54 Å². The number of carbonyl (C=O) groups excluding carboxylic acids is 3. The molecule has 7 heteroatoms. The zero-order valence-corrected chi connectivity index (χ0v) is 16.7. The highest BCUT2D eigenvalue weighted by Gasteiger charge is 2.43. The molecular formula is C20H23N3O3S. The maximum Gasteiger partial charge on any atom is 0.325 e. The van der Waals surface area contributed by atoms with Crippen molar-refractivity contribution in [1.82, 2.24) is 15.5 Å². The first-order valence-corrected chi connectivity index (χ1v) is 9.56. The van der Waals surface area contributed by atoms with Gasteiger partial charge in [0, 0.05) is 16.3 Å². The zero-order chi connectivity index (χ0) is 19.8. The first-order chi connectivity index (χ1) is 12.7. The van der Waals surface area contributed by atoms with Crippen molar-refractivity contribution in [1.29, 1.82) is 0 Å². The predicted molar refractivity (Wildman–Crippen MR) is 105 cm³/mol. The van der Waals surface area contributed by atoms with Crippen molar-refractivity contribution in [2.45, 2.75) is 46.3 Å². The van der Waals surface area contributed by atoms with Crippen LogP contribution in [0.3, 0.4) is 0 Å². The molecule has 0 radical (unpaired) electrons. The molecule has 1 aliphatic rings. The molecule has 27 heavy (non-hydrogen) atoms. The lowest BCUT2D eigenvalue weighted by Gasteiger charge is -2.16. The average Bonchev–Trinajstić information content (AvgIpc) is 3.04. The second-order valence-electron chi connectivity index (χ2n) is 7.27. The third kappa shape index (κ3) is 4.03. The van der Waals surface area contributed by atoms with E-state index >= 15 is 0 Å². The lowest BCUT2D eigenvalue weighted by Crippen LogP contribution is -2.40. The van der Waals surface area contributed by atoms with Gasteiger partial charge in [0.05, 0.1) is 12.1 Å². The lowest BCUT2D eigenvalue weighted by atomic mass is 10.1. The maximum atomic E-state index is 12.3. The van der Waals surface area contributed by atoms with Crippen LogP contribution in [0.2, 0.25) is 0 Å². The summed E-state index contributed by atoms with van der Waals surface area (Å²) in [6, 6.07) is 9.05. The molecule has 1 fully saturated rings. The number of hydrogen-bond acceptors (Lipinski definition) is 4. The summed E-state index contributed by atoms with van der Waals surface area (Å²) < 4.78 is 0. The Labute approximate surface area is 162 Å². The Morgan fingerprint density at radius 3 is 2.30 bits per heavy atom. The number of hydrogen-bond donors (Lipinski definition) is 2. The van der Waals surface area contributed by atoms with Gasteiger partial charge in [-0.1, -0.05) is 24.3 Å². The number of carbonyl (C=O) groups is 3. The molecule has 2 aromatic rings.